The van der Waals surface area contributed by atoms with Gasteiger partial charge in [0.05, 0.1) is 6.04 Å². The molecule has 72 valence electrons. The maximum Gasteiger partial charge on any atom is 0.322 e. The Morgan fingerprint density at radius 2 is 2.08 bits per heavy atom. The maximum absolute atomic E-state index is 10.7. The Morgan fingerprint density at radius 3 is 2.42 bits per heavy atom. The number of halogens is 1. The average Bonchev–Trinajstić information content (AvgIpc) is 1.98. The number of carboxylic acid groups (broad SMARTS) is 1. The lowest BCUT2D eigenvalue weighted by molar-refractivity contribution is -0.138. The lowest BCUT2D eigenvalue weighted by Crippen LogP contribution is -2.43. The van der Waals surface area contributed by atoms with Crippen LogP contribution >= 0.6 is 25.0 Å². The molecule has 1 amide bonds. The van der Waals surface area contributed by atoms with Crippen molar-refractivity contribution in [2.75, 3.05) is 12.3 Å². The Bertz CT molecular complexity index is 167. The van der Waals surface area contributed by atoms with Gasteiger partial charge >= 0.3 is 5.97 Å². The minimum atomic E-state index is -1.09. The van der Waals surface area contributed by atoms with Crippen LogP contribution < -0.4 is 11.1 Å². The van der Waals surface area contributed by atoms with Crippen molar-refractivity contribution in [3.05, 3.63) is 0 Å². The Labute approximate surface area is 81.5 Å². The lowest BCUT2D eigenvalue weighted by atomic mass is 10.3. The molecule has 0 aliphatic heterocycles. The van der Waals surface area contributed by atoms with Crippen molar-refractivity contribution in [2.24, 2.45) is 5.73 Å². The van der Waals surface area contributed by atoms with Crippen molar-refractivity contribution in [1.29, 1.82) is 0 Å². The van der Waals surface area contributed by atoms with E-state index >= 15 is 0 Å². The number of aliphatic carboxylic acids is 1. The molecule has 0 aliphatic rings. The van der Waals surface area contributed by atoms with Gasteiger partial charge in [-0.1, -0.05) is 0 Å². The monoisotopic (exact) mass is 214 g/mol. The molecular weight excluding hydrogens is 204 g/mol. The topological polar surface area (TPSA) is 92.4 Å². The molecular formula is C5H11ClN2O3S. The fourth-order valence-electron chi connectivity index (χ4n) is 0.377. The Kier molecular flexibility index (Phi) is 8.46. The lowest BCUT2D eigenvalue weighted by Gasteiger charge is -2.06. The molecule has 0 fully saturated rings. The molecule has 0 aromatic carbocycles. The molecule has 0 spiro atoms. The zero-order chi connectivity index (χ0) is 8.85. The van der Waals surface area contributed by atoms with Gasteiger partial charge in [0.15, 0.2) is 0 Å². The van der Waals surface area contributed by atoms with Gasteiger partial charge in [-0.15, -0.1) is 12.4 Å². The van der Waals surface area contributed by atoms with Gasteiger partial charge < -0.3 is 16.2 Å². The summed E-state index contributed by atoms with van der Waals surface area (Å²) >= 11 is 3.77. The fourth-order valence-corrected chi connectivity index (χ4v) is 0.543. The Morgan fingerprint density at radius 1 is 1.58 bits per heavy atom. The third-order valence-electron chi connectivity index (χ3n) is 0.947. The largest absolute Gasteiger partial charge is 0.480 e. The number of carbonyl (C=O) groups is 2. The van der Waals surface area contributed by atoms with Crippen LogP contribution in [0.15, 0.2) is 0 Å². The van der Waals surface area contributed by atoms with E-state index in [1.165, 1.54) is 0 Å². The predicted molar refractivity (Wildman–Crippen MR) is 49.7 cm³/mol. The molecule has 0 aromatic heterocycles. The summed E-state index contributed by atoms with van der Waals surface area (Å²) in [5.41, 5.74) is 5.22. The normalized spacial score (nSPS) is 11.2. The summed E-state index contributed by atoms with van der Waals surface area (Å²) in [4.78, 5) is 20.7. The molecule has 0 heterocycles. The number of nitrogens with one attached hydrogen (secondary N) is 1. The molecule has 0 rings (SSSR count). The number of hydrogen-bond donors (Lipinski definition) is 4. The summed E-state index contributed by atoms with van der Waals surface area (Å²) in [6.45, 7) is -0.402. The van der Waals surface area contributed by atoms with Crippen molar-refractivity contribution >= 4 is 36.9 Å². The van der Waals surface area contributed by atoms with Crippen LogP contribution in [0, 0.1) is 0 Å². The highest BCUT2D eigenvalue weighted by Crippen LogP contribution is 1.82. The van der Waals surface area contributed by atoms with Crippen LogP contribution in [0.25, 0.3) is 0 Å². The first kappa shape index (κ1) is 14.1. The first-order chi connectivity index (χ1) is 5.07. The van der Waals surface area contributed by atoms with Crippen LogP contribution in [-0.4, -0.2) is 35.3 Å². The van der Waals surface area contributed by atoms with Crippen molar-refractivity contribution in [1.82, 2.24) is 5.32 Å². The molecule has 12 heavy (non-hydrogen) atoms. The second-order valence-corrected chi connectivity index (χ2v) is 2.27. The van der Waals surface area contributed by atoms with Crippen LogP contribution in [0.2, 0.25) is 0 Å². The minimum Gasteiger partial charge on any atom is -0.480 e. The predicted octanol–water partition coefficient (Wildman–Crippen LogP) is -1.13. The summed E-state index contributed by atoms with van der Waals surface area (Å²) in [7, 11) is 0. The highest BCUT2D eigenvalue weighted by molar-refractivity contribution is 7.80. The summed E-state index contributed by atoms with van der Waals surface area (Å²) < 4.78 is 0. The van der Waals surface area contributed by atoms with Gasteiger partial charge in [0.1, 0.15) is 6.54 Å². The molecule has 0 saturated carbocycles. The van der Waals surface area contributed by atoms with E-state index in [0.717, 1.165) is 0 Å². The molecule has 1 unspecified atom stereocenters. The quantitative estimate of drug-likeness (QED) is 0.446. The van der Waals surface area contributed by atoms with E-state index in [-0.39, 0.29) is 18.2 Å². The molecule has 7 heteroatoms. The van der Waals surface area contributed by atoms with Gasteiger partial charge in [0.2, 0.25) is 5.91 Å². The summed E-state index contributed by atoms with van der Waals surface area (Å²) in [6.07, 6.45) is 0. The molecule has 0 radical (unpaired) electrons. The Hall–Kier alpha value is -0.460. The van der Waals surface area contributed by atoms with Gasteiger partial charge in [-0.2, -0.15) is 12.6 Å². The zero-order valence-electron chi connectivity index (χ0n) is 6.19. The molecule has 0 saturated heterocycles. The molecule has 0 aliphatic carbocycles. The fraction of sp³-hybridized carbons (Fsp3) is 0.600. The number of amides is 1. The highest BCUT2D eigenvalue weighted by atomic mass is 35.5. The van der Waals surface area contributed by atoms with E-state index < -0.39 is 24.5 Å². The van der Waals surface area contributed by atoms with Gasteiger partial charge in [-0.3, -0.25) is 9.59 Å². The molecule has 1 atom stereocenters. The third-order valence-corrected chi connectivity index (χ3v) is 1.34. The first-order valence-electron chi connectivity index (χ1n) is 2.94. The molecule has 0 aromatic rings. The number of carboxylic acids is 1. The van der Waals surface area contributed by atoms with Crippen LogP contribution in [-0.2, 0) is 9.59 Å². The van der Waals surface area contributed by atoms with E-state index in [0.29, 0.717) is 0 Å². The van der Waals surface area contributed by atoms with E-state index in [1.54, 1.807) is 0 Å². The van der Waals surface area contributed by atoms with Gasteiger partial charge in [0, 0.05) is 5.75 Å². The highest BCUT2D eigenvalue weighted by Gasteiger charge is 2.11. The smallest absolute Gasteiger partial charge is 0.322 e. The SMILES string of the molecule is Cl.NC(CS)C(=O)NCC(=O)O. The van der Waals surface area contributed by atoms with Crippen molar-refractivity contribution in [3.63, 3.8) is 0 Å². The Balaban J connectivity index is 0. The van der Waals surface area contributed by atoms with Crippen LogP contribution in [0.5, 0.6) is 0 Å². The van der Waals surface area contributed by atoms with Gasteiger partial charge in [-0.05, 0) is 0 Å². The standard InChI is InChI=1S/C5H10N2O3S.ClH/c6-3(2-11)5(10)7-1-4(8)9;/h3,11H,1-2,6H2,(H,7,10)(H,8,9);1H. The summed E-state index contributed by atoms with van der Waals surface area (Å²) in [5, 5.41) is 10.3. The van der Waals surface area contributed by atoms with Gasteiger partial charge in [0.25, 0.3) is 0 Å². The minimum absolute atomic E-state index is 0. The van der Waals surface area contributed by atoms with Crippen LogP contribution in [0.3, 0.4) is 0 Å². The molecule has 4 N–H and O–H groups in total. The van der Waals surface area contributed by atoms with E-state index in [4.69, 9.17) is 10.8 Å². The molecule has 5 nitrogen and oxygen atoms in total. The number of nitrogens with two attached hydrogens (primary N) is 1. The number of carbonyl (C=O) groups excluding carboxylic acids is 1. The summed E-state index contributed by atoms with van der Waals surface area (Å²) in [5.74, 6) is -1.39. The van der Waals surface area contributed by atoms with E-state index in [1.807, 2.05) is 0 Å². The second-order valence-electron chi connectivity index (χ2n) is 1.90. The number of rotatable bonds is 4. The molecule has 0 bridgehead atoms. The van der Waals surface area contributed by atoms with Gasteiger partial charge in [-0.25, -0.2) is 0 Å². The first-order valence-corrected chi connectivity index (χ1v) is 3.57. The average molecular weight is 215 g/mol. The number of thiol groups is 1. The van der Waals surface area contributed by atoms with E-state index in [2.05, 4.69) is 17.9 Å². The van der Waals surface area contributed by atoms with E-state index in [9.17, 15) is 9.59 Å². The van der Waals surface area contributed by atoms with Crippen LogP contribution in [0.4, 0.5) is 0 Å². The summed E-state index contributed by atoms with van der Waals surface area (Å²) in [6, 6.07) is -0.738. The van der Waals surface area contributed by atoms with Crippen molar-refractivity contribution < 1.29 is 14.7 Å². The van der Waals surface area contributed by atoms with Crippen molar-refractivity contribution in [2.45, 2.75) is 6.04 Å². The van der Waals surface area contributed by atoms with Crippen LogP contribution in [0.1, 0.15) is 0 Å². The maximum atomic E-state index is 10.7. The number of hydrogen-bond acceptors (Lipinski definition) is 4. The zero-order valence-corrected chi connectivity index (χ0v) is 7.90. The second kappa shape index (κ2) is 7.20. The third kappa shape index (κ3) is 6.26. The van der Waals surface area contributed by atoms with Crippen molar-refractivity contribution in [3.8, 4) is 0 Å².